The molecule has 2 N–H and O–H groups in total. The highest BCUT2D eigenvalue weighted by Crippen LogP contribution is 2.40. The lowest BCUT2D eigenvalue weighted by atomic mass is 9.76. The molecule has 1 aliphatic carbocycles. The van der Waals surface area contributed by atoms with Gasteiger partial charge in [0.2, 0.25) is 0 Å². The number of rotatable bonds is 4. The van der Waals surface area contributed by atoms with Crippen LogP contribution in [0.25, 0.3) is 0 Å². The lowest BCUT2D eigenvalue weighted by molar-refractivity contribution is 0.347. The zero-order valence-corrected chi connectivity index (χ0v) is 12.1. The van der Waals surface area contributed by atoms with Crippen LogP contribution in [0.2, 0.25) is 0 Å². The van der Waals surface area contributed by atoms with Crippen LogP contribution in [-0.4, -0.2) is 0 Å². The number of hydrogen-bond donors (Lipinski definition) is 1. The Morgan fingerprint density at radius 2 is 1.89 bits per heavy atom. The van der Waals surface area contributed by atoms with E-state index >= 15 is 0 Å². The molecule has 0 radical (unpaired) electrons. The van der Waals surface area contributed by atoms with Crippen molar-refractivity contribution < 1.29 is 0 Å². The smallest absolute Gasteiger partial charge is 0.0297 e. The van der Waals surface area contributed by atoms with Crippen molar-refractivity contribution in [2.75, 3.05) is 0 Å². The average molecular weight is 245 g/mol. The summed E-state index contributed by atoms with van der Waals surface area (Å²) in [5.41, 5.74) is 9.71. The molecule has 18 heavy (non-hydrogen) atoms. The zero-order valence-electron chi connectivity index (χ0n) is 12.1. The molecule has 2 rings (SSSR count). The molecule has 1 heteroatoms. The summed E-state index contributed by atoms with van der Waals surface area (Å²) in [6.45, 7) is 6.87. The summed E-state index contributed by atoms with van der Waals surface area (Å²) >= 11 is 0. The lowest BCUT2D eigenvalue weighted by Gasteiger charge is -2.30. The first-order chi connectivity index (χ1) is 8.47. The van der Waals surface area contributed by atoms with Gasteiger partial charge in [0, 0.05) is 6.04 Å². The third kappa shape index (κ3) is 3.35. The van der Waals surface area contributed by atoms with Crippen molar-refractivity contribution in [1.82, 2.24) is 0 Å². The van der Waals surface area contributed by atoms with Gasteiger partial charge < -0.3 is 5.73 Å². The van der Waals surface area contributed by atoms with Gasteiger partial charge in [-0.1, -0.05) is 51.5 Å². The number of hydrogen-bond acceptors (Lipinski definition) is 1. The van der Waals surface area contributed by atoms with Gasteiger partial charge in [0.05, 0.1) is 0 Å². The summed E-state index contributed by atoms with van der Waals surface area (Å²) in [5.74, 6) is 0.780. The van der Waals surface area contributed by atoms with E-state index in [1.165, 1.54) is 36.8 Å². The molecule has 1 unspecified atom stereocenters. The van der Waals surface area contributed by atoms with E-state index in [1.807, 2.05) is 0 Å². The van der Waals surface area contributed by atoms with Gasteiger partial charge in [0.15, 0.2) is 0 Å². The monoisotopic (exact) mass is 245 g/mol. The third-order valence-electron chi connectivity index (χ3n) is 4.15. The van der Waals surface area contributed by atoms with Crippen LogP contribution in [0.1, 0.15) is 76.0 Å². The molecule has 1 atom stereocenters. The van der Waals surface area contributed by atoms with E-state index in [4.69, 9.17) is 5.73 Å². The zero-order chi connectivity index (χ0) is 13.2. The highest BCUT2D eigenvalue weighted by molar-refractivity contribution is 5.34. The molecule has 1 aromatic rings. The van der Waals surface area contributed by atoms with Gasteiger partial charge in [0.25, 0.3) is 0 Å². The normalized spacial score (nSPS) is 18.4. The Kier molecular flexibility index (Phi) is 4.11. The van der Waals surface area contributed by atoms with Gasteiger partial charge >= 0.3 is 0 Å². The topological polar surface area (TPSA) is 26.0 Å². The molecule has 0 heterocycles. The van der Waals surface area contributed by atoms with Crippen LogP contribution in [-0.2, 0) is 0 Å². The van der Waals surface area contributed by atoms with Gasteiger partial charge in [-0.25, -0.2) is 0 Å². The van der Waals surface area contributed by atoms with E-state index in [-0.39, 0.29) is 6.04 Å². The summed E-state index contributed by atoms with van der Waals surface area (Å²) in [5, 5.41) is 0. The van der Waals surface area contributed by atoms with Gasteiger partial charge in [-0.3, -0.25) is 0 Å². The minimum absolute atomic E-state index is 0.209. The van der Waals surface area contributed by atoms with Gasteiger partial charge in [-0.15, -0.1) is 0 Å². The predicted octanol–water partition coefficient (Wildman–Crippen LogP) is 4.78. The number of nitrogens with two attached hydrogens (primary N) is 1. The van der Waals surface area contributed by atoms with Gasteiger partial charge in [0.1, 0.15) is 0 Å². The van der Waals surface area contributed by atoms with E-state index in [1.54, 1.807) is 0 Å². The molecule has 0 bridgehead atoms. The quantitative estimate of drug-likeness (QED) is 0.811. The Hall–Kier alpha value is -0.820. The summed E-state index contributed by atoms with van der Waals surface area (Å²) < 4.78 is 0. The fourth-order valence-corrected chi connectivity index (χ4v) is 2.68. The molecule has 0 saturated heterocycles. The van der Waals surface area contributed by atoms with E-state index in [2.05, 4.69) is 45.0 Å². The van der Waals surface area contributed by atoms with Crippen molar-refractivity contribution in [2.24, 2.45) is 11.1 Å². The second-order valence-corrected chi connectivity index (χ2v) is 6.96. The molecular weight excluding hydrogens is 218 g/mol. The highest BCUT2D eigenvalue weighted by atomic mass is 14.6. The standard InChI is InChI=1S/C17H27N/c1-17(2,3)12-11-16(18)15-10-5-4-9-14(15)13-7-6-8-13/h4-5,9-10,13,16H,6-8,11-12,18H2,1-3H3. The van der Waals surface area contributed by atoms with Crippen molar-refractivity contribution >= 4 is 0 Å². The van der Waals surface area contributed by atoms with Crippen molar-refractivity contribution in [3.05, 3.63) is 35.4 Å². The molecule has 0 spiro atoms. The first-order valence-electron chi connectivity index (χ1n) is 7.32. The minimum Gasteiger partial charge on any atom is -0.324 e. The third-order valence-corrected chi connectivity index (χ3v) is 4.15. The van der Waals surface area contributed by atoms with Gasteiger partial charge in [-0.05, 0) is 48.1 Å². The largest absolute Gasteiger partial charge is 0.324 e. The van der Waals surface area contributed by atoms with Crippen LogP contribution in [0.4, 0.5) is 0 Å². The number of benzene rings is 1. The lowest BCUT2D eigenvalue weighted by Crippen LogP contribution is -2.19. The molecule has 1 aliphatic rings. The Morgan fingerprint density at radius 1 is 1.22 bits per heavy atom. The fourth-order valence-electron chi connectivity index (χ4n) is 2.68. The molecule has 1 saturated carbocycles. The second-order valence-electron chi connectivity index (χ2n) is 6.96. The minimum atomic E-state index is 0.209. The molecule has 0 aromatic heterocycles. The Bertz CT molecular complexity index is 385. The summed E-state index contributed by atoms with van der Waals surface area (Å²) in [7, 11) is 0. The van der Waals surface area contributed by atoms with Crippen LogP contribution >= 0.6 is 0 Å². The molecule has 1 nitrogen and oxygen atoms in total. The molecule has 100 valence electrons. The van der Waals surface area contributed by atoms with Crippen molar-refractivity contribution in [2.45, 2.75) is 64.8 Å². The Labute approximate surface area is 112 Å². The maximum Gasteiger partial charge on any atom is 0.0297 e. The van der Waals surface area contributed by atoms with Crippen LogP contribution in [0, 0.1) is 5.41 Å². The maximum absolute atomic E-state index is 6.42. The van der Waals surface area contributed by atoms with E-state index < -0.39 is 0 Å². The van der Waals surface area contributed by atoms with Crippen LogP contribution in [0.3, 0.4) is 0 Å². The summed E-state index contributed by atoms with van der Waals surface area (Å²) in [6, 6.07) is 9.03. The molecule has 0 amide bonds. The van der Waals surface area contributed by atoms with Crippen molar-refractivity contribution in [3.63, 3.8) is 0 Å². The highest BCUT2D eigenvalue weighted by Gasteiger charge is 2.24. The first-order valence-corrected chi connectivity index (χ1v) is 7.32. The molecule has 1 aromatic carbocycles. The fraction of sp³-hybridized carbons (Fsp3) is 0.647. The SMILES string of the molecule is CC(C)(C)CCC(N)c1ccccc1C1CCC1. The maximum atomic E-state index is 6.42. The van der Waals surface area contributed by atoms with E-state index in [0.29, 0.717) is 5.41 Å². The van der Waals surface area contributed by atoms with E-state index in [0.717, 1.165) is 12.3 Å². The summed E-state index contributed by atoms with van der Waals surface area (Å²) in [6.07, 6.45) is 6.36. The molecular formula is C17H27N. The summed E-state index contributed by atoms with van der Waals surface area (Å²) in [4.78, 5) is 0. The van der Waals surface area contributed by atoms with Crippen LogP contribution in [0.15, 0.2) is 24.3 Å². The van der Waals surface area contributed by atoms with Crippen molar-refractivity contribution in [3.8, 4) is 0 Å². The average Bonchev–Trinajstić information content (AvgIpc) is 2.23. The first kappa shape index (κ1) is 13.6. The Balaban J connectivity index is 2.07. The van der Waals surface area contributed by atoms with Crippen LogP contribution < -0.4 is 5.73 Å². The predicted molar refractivity (Wildman–Crippen MR) is 78.7 cm³/mol. The van der Waals surface area contributed by atoms with Crippen LogP contribution in [0.5, 0.6) is 0 Å². The molecule has 1 fully saturated rings. The molecule has 0 aliphatic heterocycles. The Morgan fingerprint density at radius 3 is 2.44 bits per heavy atom. The van der Waals surface area contributed by atoms with E-state index in [9.17, 15) is 0 Å². The van der Waals surface area contributed by atoms with Gasteiger partial charge in [-0.2, -0.15) is 0 Å². The second kappa shape index (κ2) is 5.44. The van der Waals surface area contributed by atoms with Crippen molar-refractivity contribution in [1.29, 1.82) is 0 Å².